The van der Waals surface area contributed by atoms with E-state index in [4.69, 9.17) is 0 Å². The molecule has 2 atom stereocenters. The van der Waals surface area contributed by atoms with Crippen LogP contribution in [0.2, 0.25) is 0 Å². The zero-order valence-electron chi connectivity index (χ0n) is 12.5. The van der Waals surface area contributed by atoms with Crippen LogP contribution < -0.4 is 0 Å². The maximum Gasteiger partial charge on any atom is 0.0631 e. The number of hydrogen-bond donors (Lipinski definition) is 1. The van der Waals surface area contributed by atoms with Gasteiger partial charge >= 0.3 is 0 Å². The van der Waals surface area contributed by atoms with Crippen molar-refractivity contribution in [1.82, 2.24) is 9.80 Å². The Bertz CT molecular complexity index is 270. The second kappa shape index (κ2) is 5.48. The van der Waals surface area contributed by atoms with Crippen LogP contribution in [-0.2, 0) is 0 Å². The second-order valence-corrected chi connectivity index (χ2v) is 7.16. The van der Waals surface area contributed by atoms with Gasteiger partial charge in [0, 0.05) is 38.8 Å². The van der Waals surface area contributed by atoms with Crippen LogP contribution in [0.15, 0.2) is 0 Å². The van der Waals surface area contributed by atoms with E-state index in [2.05, 4.69) is 37.5 Å². The molecule has 3 heteroatoms. The minimum Gasteiger partial charge on any atom is -0.392 e. The molecule has 0 aromatic carbocycles. The van der Waals surface area contributed by atoms with E-state index in [1.54, 1.807) is 0 Å². The molecule has 1 heterocycles. The Morgan fingerprint density at radius 1 is 1.17 bits per heavy atom. The van der Waals surface area contributed by atoms with Crippen LogP contribution >= 0.6 is 0 Å². The van der Waals surface area contributed by atoms with Crippen molar-refractivity contribution in [3.8, 4) is 0 Å². The summed E-state index contributed by atoms with van der Waals surface area (Å²) < 4.78 is 0. The molecule has 0 amide bonds. The van der Waals surface area contributed by atoms with Crippen LogP contribution in [0.5, 0.6) is 0 Å². The molecule has 0 radical (unpaired) electrons. The van der Waals surface area contributed by atoms with Gasteiger partial charge in [0.25, 0.3) is 0 Å². The SMILES string of the molecule is CC(C)N1CCN(CC2CCC(C)(C)C2O)CC1. The number of aliphatic hydroxyl groups excluding tert-OH is 1. The van der Waals surface area contributed by atoms with Crippen LogP contribution in [-0.4, -0.2) is 59.8 Å². The maximum absolute atomic E-state index is 10.4. The first-order valence-electron chi connectivity index (χ1n) is 7.54. The molecule has 0 spiro atoms. The molecule has 106 valence electrons. The number of piperazine rings is 1. The molecule has 1 N–H and O–H groups in total. The molecule has 0 bridgehead atoms. The molecule has 1 aliphatic carbocycles. The van der Waals surface area contributed by atoms with Crippen molar-refractivity contribution in [3.05, 3.63) is 0 Å². The average molecular weight is 254 g/mol. The van der Waals surface area contributed by atoms with Crippen molar-refractivity contribution in [2.24, 2.45) is 11.3 Å². The fourth-order valence-corrected chi connectivity index (χ4v) is 3.49. The van der Waals surface area contributed by atoms with Crippen LogP contribution in [0, 0.1) is 11.3 Å². The van der Waals surface area contributed by atoms with Crippen molar-refractivity contribution in [2.75, 3.05) is 32.7 Å². The molecular formula is C15H30N2O. The molecule has 18 heavy (non-hydrogen) atoms. The molecule has 0 aromatic rings. The first-order chi connectivity index (χ1) is 8.40. The van der Waals surface area contributed by atoms with Crippen LogP contribution in [0.25, 0.3) is 0 Å². The summed E-state index contributed by atoms with van der Waals surface area (Å²) in [6.45, 7) is 14.8. The molecule has 3 nitrogen and oxygen atoms in total. The lowest BCUT2D eigenvalue weighted by molar-refractivity contribution is 0.0220. The lowest BCUT2D eigenvalue weighted by Crippen LogP contribution is -2.50. The fourth-order valence-electron chi connectivity index (χ4n) is 3.49. The van der Waals surface area contributed by atoms with Crippen molar-refractivity contribution < 1.29 is 5.11 Å². The summed E-state index contributed by atoms with van der Waals surface area (Å²) in [5.41, 5.74) is 0.129. The Hall–Kier alpha value is -0.120. The molecule has 2 aliphatic rings. The smallest absolute Gasteiger partial charge is 0.0631 e. The highest BCUT2D eigenvalue weighted by Crippen LogP contribution is 2.41. The summed E-state index contributed by atoms with van der Waals surface area (Å²) in [6.07, 6.45) is 2.25. The summed E-state index contributed by atoms with van der Waals surface area (Å²) in [6, 6.07) is 0.670. The van der Waals surface area contributed by atoms with E-state index in [0.717, 1.165) is 6.54 Å². The van der Waals surface area contributed by atoms with E-state index in [1.807, 2.05) is 0 Å². The first kappa shape index (κ1) is 14.3. The van der Waals surface area contributed by atoms with Crippen LogP contribution in [0.3, 0.4) is 0 Å². The van der Waals surface area contributed by atoms with Gasteiger partial charge < -0.3 is 10.0 Å². The van der Waals surface area contributed by atoms with E-state index in [0.29, 0.717) is 12.0 Å². The Kier molecular flexibility index (Phi) is 4.35. The van der Waals surface area contributed by atoms with Crippen molar-refractivity contribution in [3.63, 3.8) is 0 Å². The number of hydrogen-bond acceptors (Lipinski definition) is 3. The predicted octanol–water partition coefficient (Wildman–Crippen LogP) is 1.81. The van der Waals surface area contributed by atoms with E-state index < -0.39 is 0 Å². The number of aliphatic hydroxyl groups is 1. The minimum absolute atomic E-state index is 0.111. The highest BCUT2D eigenvalue weighted by Gasteiger charge is 2.41. The van der Waals surface area contributed by atoms with Crippen LogP contribution in [0.4, 0.5) is 0 Å². The van der Waals surface area contributed by atoms with Gasteiger partial charge in [0.05, 0.1) is 6.10 Å². The predicted molar refractivity (Wildman–Crippen MR) is 75.7 cm³/mol. The molecule has 1 saturated heterocycles. The van der Waals surface area contributed by atoms with Crippen molar-refractivity contribution in [2.45, 2.75) is 52.7 Å². The Morgan fingerprint density at radius 3 is 2.22 bits per heavy atom. The van der Waals surface area contributed by atoms with Gasteiger partial charge in [-0.3, -0.25) is 4.90 Å². The zero-order chi connectivity index (χ0) is 13.3. The molecule has 2 unspecified atom stereocenters. The summed E-state index contributed by atoms with van der Waals surface area (Å²) in [5, 5.41) is 10.4. The van der Waals surface area contributed by atoms with Gasteiger partial charge in [-0.15, -0.1) is 0 Å². The Balaban J connectivity index is 1.79. The van der Waals surface area contributed by atoms with Crippen molar-refractivity contribution in [1.29, 1.82) is 0 Å². The van der Waals surface area contributed by atoms with Gasteiger partial charge in [0.1, 0.15) is 0 Å². The number of nitrogens with zero attached hydrogens (tertiary/aromatic N) is 2. The molecule has 1 saturated carbocycles. The van der Waals surface area contributed by atoms with Gasteiger partial charge in [-0.2, -0.15) is 0 Å². The van der Waals surface area contributed by atoms with E-state index in [1.165, 1.54) is 39.0 Å². The average Bonchev–Trinajstić information content (AvgIpc) is 2.57. The zero-order valence-corrected chi connectivity index (χ0v) is 12.5. The maximum atomic E-state index is 10.4. The first-order valence-corrected chi connectivity index (χ1v) is 7.54. The monoisotopic (exact) mass is 254 g/mol. The normalized spacial score (nSPS) is 34.3. The van der Waals surface area contributed by atoms with Gasteiger partial charge in [0.15, 0.2) is 0 Å². The third kappa shape index (κ3) is 3.06. The lowest BCUT2D eigenvalue weighted by Gasteiger charge is -2.38. The van der Waals surface area contributed by atoms with E-state index >= 15 is 0 Å². The number of rotatable bonds is 3. The highest BCUT2D eigenvalue weighted by molar-refractivity contribution is 4.92. The minimum atomic E-state index is -0.111. The summed E-state index contributed by atoms with van der Waals surface area (Å²) >= 11 is 0. The molecular weight excluding hydrogens is 224 g/mol. The standard InChI is InChI=1S/C15H30N2O/c1-12(2)17-9-7-16(8-10-17)11-13-5-6-15(3,4)14(13)18/h12-14,18H,5-11H2,1-4H3. The third-order valence-electron chi connectivity index (χ3n) is 5.04. The van der Waals surface area contributed by atoms with Crippen LogP contribution in [0.1, 0.15) is 40.5 Å². The van der Waals surface area contributed by atoms with E-state index in [9.17, 15) is 5.11 Å². The second-order valence-electron chi connectivity index (χ2n) is 7.16. The topological polar surface area (TPSA) is 26.7 Å². The van der Waals surface area contributed by atoms with Gasteiger partial charge in [-0.1, -0.05) is 13.8 Å². The largest absolute Gasteiger partial charge is 0.392 e. The summed E-state index contributed by atoms with van der Waals surface area (Å²) in [5.74, 6) is 0.491. The summed E-state index contributed by atoms with van der Waals surface area (Å²) in [4.78, 5) is 5.10. The summed E-state index contributed by atoms with van der Waals surface area (Å²) in [7, 11) is 0. The lowest BCUT2D eigenvalue weighted by atomic mass is 9.87. The quantitative estimate of drug-likeness (QED) is 0.832. The third-order valence-corrected chi connectivity index (χ3v) is 5.04. The Morgan fingerprint density at radius 2 is 1.78 bits per heavy atom. The van der Waals surface area contributed by atoms with Crippen molar-refractivity contribution >= 4 is 0 Å². The van der Waals surface area contributed by atoms with E-state index in [-0.39, 0.29) is 11.5 Å². The molecule has 1 aliphatic heterocycles. The molecule has 0 aromatic heterocycles. The van der Waals surface area contributed by atoms with Gasteiger partial charge in [-0.25, -0.2) is 0 Å². The Labute approximate surface area is 112 Å². The van der Waals surface area contributed by atoms with Gasteiger partial charge in [0.2, 0.25) is 0 Å². The molecule has 2 rings (SSSR count). The molecule has 2 fully saturated rings. The van der Waals surface area contributed by atoms with Gasteiger partial charge in [-0.05, 0) is 38.0 Å². The fraction of sp³-hybridized carbons (Fsp3) is 1.00. The highest BCUT2D eigenvalue weighted by atomic mass is 16.3.